The Kier molecular flexibility index (Phi) is 4.73. The van der Waals surface area contributed by atoms with Crippen LogP contribution in [0.3, 0.4) is 0 Å². The summed E-state index contributed by atoms with van der Waals surface area (Å²) >= 11 is 0. The lowest BCUT2D eigenvalue weighted by atomic mass is 10.0. The quantitative estimate of drug-likeness (QED) is 0.639. The number of halogens is 1. The predicted octanol–water partition coefficient (Wildman–Crippen LogP) is 2.20. The highest BCUT2D eigenvalue weighted by molar-refractivity contribution is 5.85. The smallest absolute Gasteiger partial charge is 0.310 e. The van der Waals surface area contributed by atoms with E-state index in [2.05, 4.69) is 0 Å². The van der Waals surface area contributed by atoms with E-state index in [0.29, 0.717) is 5.56 Å². The molecule has 6 heteroatoms. The minimum Gasteiger partial charge on any atom is -0.481 e. The fraction of sp³-hybridized carbons (Fsp3) is 0.222. The van der Waals surface area contributed by atoms with Gasteiger partial charge in [0.25, 0.3) is 5.69 Å². The van der Waals surface area contributed by atoms with Crippen molar-refractivity contribution in [1.29, 1.82) is 0 Å². The summed E-state index contributed by atoms with van der Waals surface area (Å²) in [7, 11) is 0. The third-order valence-corrected chi connectivity index (χ3v) is 1.95. The number of non-ortho nitro benzene ring substituents is 1. The second kappa shape index (κ2) is 5.31. The minimum atomic E-state index is -0.995. The molecule has 0 aliphatic carbocycles. The summed E-state index contributed by atoms with van der Waals surface area (Å²) in [6.45, 7) is 1.49. The molecule has 1 aromatic rings. The number of carboxylic acids is 1. The number of nitro benzene ring substituents is 1. The van der Waals surface area contributed by atoms with E-state index in [0.717, 1.165) is 0 Å². The lowest BCUT2D eigenvalue weighted by Gasteiger charge is -2.05. The van der Waals surface area contributed by atoms with Gasteiger partial charge in [0.2, 0.25) is 0 Å². The maximum atomic E-state index is 10.6. The van der Waals surface area contributed by atoms with Gasteiger partial charge in [-0.3, -0.25) is 14.9 Å². The SMILES string of the molecule is CC(C(=O)O)c1cccc([N+](=O)[O-])c1.Cl. The molecule has 0 spiro atoms. The van der Waals surface area contributed by atoms with Gasteiger partial charge in [-0.2, -0.15) is 0 Å². The first-order chi connectivity index (χ1) is 6.52. The highest BCUT2D eigenvalue weighted by Crippen LogP contribution is 2.20. The maximum Gasteiger partial charge on any atom is 0.310 e. The number of benzene rings is 1. The van der Waals surface area contributed by atoms with E-state index < -0.39 is 16.8 Å². The van der Waals surface area contributed by atoms with Crippen LogP contribution < -0.4 is 0 Å². The van der Waals surface area contributed by atoms with Crippen LogP contribution in [0.15, 0.2) is 24.3 Å². The third-order valence-electron chi connectivity index (χ3n) is 1.95. The van der Waals surface area contributed by atoms with Gasteiger partial charge in [-0.05, 0) is 12.5 Å². The summed E-state index contributed by atoms with van der Waals surface area (Å²) in [4.78, 5) is 20.5. The Balaban J connectivity index is 0.00000196. The Morgan fingerprint density at radius 3 is 2.60 bits per heavy atom. The summed E-state index contributed by atoms with van der Waals surface area (Å²) in [5.41, 5.74) is 0.349. The molecule has 1 aromatic carbocycles. The normalized spacial score (nSPS) is 11.3. The van der Waals surface area contributed by atoms with Gasteiger partial charge in [0.1, 0.15) is 0 Å². The molecule has 5 nitrogen and oxygen atoms in total. The number of nitrogens with zero attached hydrogens (tertiary/aromatic N) is 1. The van der Waals surface area contributed by atoms with Gasteiger partial charge in [0.15, 0.2) is 0 Å². The van der Waals surface area contributed by atoms with Crippen LogP contribution in [0.5, 0.6) is 0 Å². The van der Waals surface area contributed by atoms with Crippen LogP contribution in [-0.2, 0) is 4.79 Å². The van der Waals surface area contributed by atoms with Crippen molar-refractivity contribution in [3.05, 3.63) is 39.9 Å². The minimum absolute atomic E-state index is 0. The van der Waals surface area contributed by atoms with Gasteiger partial charge in [-0.15, -0.1) is 12.4 Å². The number of carbonyl (C=O) groups is 1. The van der Waals surface area contributed by atoms with Crippen molar-refractivity contribution in [2.75, 3.05) is 0 Å². The van der Waals surface area contributed by atoms with Crippen molar-refractivity contribution in [2.24, 2.45) is 0 Å². The van der Waals surface area contributed by atoms with Crippen LogP contribution in [0, 0.1) is 10.1 Å². The highest BCUT2D eigenvalue weighted by atomic mass is 35.5. The average molecular weight is 232 g/mol. The van der Waals surface area contributed by atoms with Crippen LogP contribution in [0.4, 0.5) is 5.69 Å². The number of carboxylic acid groups (broad SMARTS) is 1. The molecule has 1 N–H and O–H groups in total. The van der Waals surface area contributed by atoms with Crippen molar-refractivity contribution in [3.63, 3.8) is 0 Å². The molecular weight excluding hydrogens is 222 g/mol. The topological polar surface area (TPSA) is 80.4 Å². The number of aliphatic carboxylic acids is 1. The molecular formula is C9H10ClNO4. The largest absolute Gasteiger partial charge is 0.481 e. The van der Waals surface area contributed by atoms with Crippen molar-refractivity contribution < 1.29 is 14.8 Å². The summed E-state index contributed by atoms with van der Waals surface area (Å²) in [6.07, 6.45) is 0. The van der Waals surface area contributed by atoms with E-state index in [-0.39, 0.29) is 18.1 Å². The molecule has 82 valence electrons. The zero-order chi connectivity index (χ0) is 10.7. The van der Waals surface area contributed by atoms with Crippen molar-refractivity contribution in [3.8, 4) is 0 Å². The fourth-order valence-corrected chi connectivity index (χ4v) is 1.05. The van der Waals surface area contributed by atoms with Crippen LogP contribution in [0.1, 0.15) is 18.4 Å². The van der Waals surface area contributed by atoms with E-state index in [4.69, 9.17) is 5.11 Å². The van der Waals surface area contributed by atoms with Crippen LogP contribution in [0.25, 0.3) is 0 Å². The first-order valence-corrected chi connectivity index (χ1v) is 3.99. The Hall–Kier alpha value is -1.62. The molecule has 0 fully saturated rings. The standard InChI is InChI=1S/C9H9NO4.ClH/c1-6(9(11)12)7-3-2-4-8(5-7)10(13)14;/h2-6H,1H3,(H,11,12);1H. The second-order valence-electron chi connectivity index (χ2n) is 2.91. The zero-order valence-electron chi connectivity index (χ0n) is 7.91. The van der Waals surface area contributed by atoms with Crippen molar-refractivity contribution in [2.45, 2.75) is 12.8 Å². The first kappa shape index (κ1) is 13.4. The van der Waals surface area contributed by atoms with Crippen LogP contribution in [-0.4, -0.2) is 16.0 Å². The molecule has 0 amide bonds. The lowest BCUT2D eigenvalue weighted by molar-refractivity contribution is -0.384. The molecule has 1 unspecified atom stereocenters. The molecule has 0 bridgehead atoms. The van der Waals surface area contributed by atoms with Gasteiger partial charge >= 0.3 is 5.97 Å². The van der Waals surface area contributed by atoms with E-state index in [1.807, 2.05) is 0 Å². The van der Waals surface area contributed by atoms with Gasteiger partial charge in [0, 0.05) is 12.1 Å². The van der Waals surface area contributed by atoms with Crippen LogP contribution >= 0.6 is 12.4 Å². The fourth-order valence-electron chi connectivity index (χ4n) is 1.05. The van der Waals surface area contributed by atoms with Gasteiger partial charge in [-0.1, -0.05) is 12.1 Å². The van der Waals surface area contributed by atoms with E-state index in [1.54, 1.807) is 6.07 Å². The molecule has 1 rings (SSSR count). The molecule has 0 radical (unpaired) electrons. The highest BCUT2D eigenvalue weighted by Gasteiger charge is 2.16. The van der Waals surface area contributed by atoms with E-state index >= 15 is 0 Å². The van der Waals surface area contributed by atoms with Crippen molar-refractivity contribution in [1.82, 2.24) is 0 Å². The number of hydrogen-bond donors (Lipinski definition) is 1. The summed E-state index contributed by atoms with van der Waals surface area (Å²) in [5, 5.41) is 19.1. The number of hydrogen-bond acceptors (Lipinski definition) is 3. The zero-order valence-corrected chi connectivity index (χ0v) is 8.73. The van der Waals surface area contributed by atoms with Gasteiger partial charge < -0.3 is 5.11 Å². The molecule has 15 heavy (non-hydrogen) atoms. The second-order valence-corrected chi connectivity index (χ2v) is 2.91. The predicted molar refractivity (Wildman–Crippen MR) is 56.4 cm³/mol. The summed E-state index contributed by atoms with van der Waals surface area (Å²) < 4.78 is 0. The number of nitro groups is 1. The monoisotopic (exact) mass is 231 g/mol. The first-order valence-electron chi connectivity index (χ1n) is 3.99. The van der Waals surface area contributed by atoms with E-state index in [9.17, 15) is 14.9 Å². The molecule has 0 heterocycles. The molecule has 0 aliphatic heterocycles. The van der Waals surface area contributed by atoms with Gasteiger partial charge in [-0.25, -0.2) is 0 Å². The molecule has 0 saturated carbocycles. The van der Waals surface area contributed by atoms with Crippen molar-refractivity contribution >= 4 is 24.1 Å². The Morgan fingerprint density at radius 1 is 1.53 bits per heavy atom. The summed E-state index contributed by atoms with van der Waals surface area (Å²) in [6, 6.07) is 5.65. The Bertz CT molecular complexity index is 380. The van der Waals surface area contributed by atoms with Gasteiger partial charge in [0.05, 0.1) is 10.8 Å². The van der Waals surface area contributed by atoms with Crippen LogP contribution in [0.2, 0.25) is 0 Å². The van der Waals surface area contributed by atoms with E-state index in [1.165, 1.54) is 25.1 Å². The Morgan fingerprint density at radius 2 is 2.13 bits per heavy atom. The average Bonchev–Trinajstić information content (AvgIpc) is 2.16. The maximum absolute atomic E-state index is 10.6. The summed E-state index contributed by atoms with van der Waals surface area (Å²) in [5.74, 6) is -1.72. The third kappa shape index (κ3) is 3.21. The Labute approximate surface area is 92.3 Å². The molecule has 0 aromatic heterocycles. The molecule has 1 atom stereocenters. The lowest BCUT2D eigenvalue weighted by Crippen LogP contribution is -2.07. The molecule has 0 aliphatic rings. The number of rotatable bonds is 3. The molecule has 0 saturated heterocycles.